The highest BCUT2D eigenvalue weighted by molar-refractivity contribution is 7.89. The second-order valence-corrected chi connectivity index (χ2v) is 8.48. The van der Waals surface area contributed by atoms with Crippen LogP contribution in [0.3, 0.4) is 0 Å². The van der Waals surface area contributed by atoms with Crippen LogP contribution in [0.5, 0.6) is 0 Å². The molecule has 134 valence electrons. The Morgan fingerprint density at radius 1 is 1.25 bits per heavy atom. The van der Waals surface area contributed by atoms with Gasteiger partial charge in [0.25, 0.3) is 0 Å². The van der Waals surface area contributed by atoms with Crippen molar-refractivity contribution in [3.63, 3.8) is 0 Å². The van der Waals surface area contributed by atoms with Crippen molar-refractivity contribution in [2.24, 2.45) is 5.41 Å². The van der Waals surface area contributed by atoms with Crippen LogP contribution in [0.4, 0.5) is 13.2 Å². The van der Waals surface area contributed by atoms with Gasteiger partial charge < -0.3 is 4.74 Å². The van der Waals surface area contributed by atoms with Gasteiger partial charge in [0.2, 0.25) is 10.0 Å². The fraction of sp³-hybridized carbons (Fsp3) is 0.667. The molecule has 1 saturated carbocycles. The standard InChI is InChI=1S/C15H19F3N2O3S/c1-23-11-8-14(9-11)4-6-20(7-5-14)24(21,22)12-2-3-13(19-10-12)15(16,17)18/h2-3,10-11H,4-9H2,1H3. The molecule has 1 aliphatic heterocycles. The molecular weight excluding hydrogens is 345 g/mol. The molecule has 0 atom stereocenters. The summed E-state index contributed by atoms with van der Waals surface area (Å²) in [6, 6.07) is 1.67. The summed E-state index contributed by atoms with van der Waals surface area (Å²) < 4.78 is 69.3. The van der Waals surface area contributed by atoms with Gasteiger partial charge in [0.05, 0.1) is 6.10 Å². The quantitative estimate of drug-likeness (QED) is 0.827. The van der Waals surface area contributed by atoms with E-state index in [4.69, 9.17) is 4.74 Å². The Labute approximate surface area is 138 Å². The smallest absolute Gasteiger partial charge is 0.381 e. The Kier molecular flexibility index (Phi) is 4.38. The number of piperidine rings is 1. The van der Waals surface area contributed by atoms with E-state index in [2.05, 4.69) is 4.98 Å². The molecule has 0 bridgehead atoms. The Morgan fingerprint density at radius 3 is 2.33 bits per heavy atom. The molecule has 9 heteroatoms. The summed E-state index contributed by atoms with van der Waals surface area (Å²) in [4.78, 5) is 3.04. The maximum atomic E-state index is 12.6. The van der Waals surface area contributed by atoms with Crippen LogP contribution in [-0.4, -0.2) is 44.0 Å². The highest BCUT2D eigenvalue weighted by Gasteiger charge is 2.47. The van der Waals surface area contributed by atoms with E-state index in [-0.39, 0.29) is 16.4 Å². The van der Waals surface area contributed by atoms with Crippen molar-refractivity contribution in [1.82, 2.24) is 9.29 Å². The fourth-order valence-electron chi connectivity index (χ4n) is 3.53. The van der Waals surface area contributed by atoms with E-state index in [0.29, 0.717) is 19.2 Å². The number of pyridine rings is 1. The van der Waals surface area contributed by atoms with E-state index in [9.17, 15) is 21.6 Å². The van der Waals surface area contributed by atoms with Gasteiger partial charge >= 0.3 is 6.18 Å². The second kappa shape index (κ2) is 5.96. The minimum Gasteiger partial charge on any atom is -0.381 e. The van der Waals surface area contributed by atoms with Gasteiger partial charge in [-0.3, -0.25) is 4.98 Å². The molecule has 2 fully saturated rings. The van der Waals surface area contributed by atoms with Crippen molar-refractivity contribution in [3.05, 3.63) is 24.0 Å². The number of nitrogens with zero attached hydrogens (tertiary/aromatic N) is 2. The third kappa shape index (κ3) is 3.16. The Balaban J connectivity index is 1.68. The fourth-order valence-corrected chi connectivity index (χ4v) is 4.92. The third-order valence-corrected chi connectivity index (χ3v) is 6.98. The van der Waals surface area contributed by atoms with E-state index in [0.717, 1.165) is 37.9 Å². The van der Waals surface area contributed by atoms with E-state index in [1.54, 1.807) is 7.11 Å². The number of sulfonamides is 1. The summed E-state index contributed by atoms with van der Waals surface area (Å²) in [5.41, 5.74) is -0.940. The zero-order valence-electron chi connectivity index (χ0n) is 13.2. The zero-order valence-corrected chi connectivity index (χ0v) is 14.0. The number of halogens is 3. The zero-order chi connectivity index (χ0) is 17.6. The molecule has 5 nitrogen and oxygen atoms in total. The molecule has 1 saturated heterocycles. The third-order valence-electron chi connectivity index (χ3n) is 5.10. The Morgan fingerprint density at radius 2 is 1.88 bits per heavy atom. The number of rotatable bonds is 3. The normalized spacial score (nSPS) is 22.5. The van der Waals surface area contributed by atoms with Crippen LogP contribution in [0.15, 0.2) is 23.2 Å². The summed E-state index contributed by atoms with van der Waals surface area (Å²) >= 11 is 0. The summed E-state index contributed by atoms with van der Waals surface area (Å²) in [5.74, 6) is 0. The molecule has 1 aliphatic carbocycles. The van der Waals surface area contributed by atoms with Gasteiger partial charge in [-0.05, 0) is 43.2 Å². The molecular formula is C15H19F3N2O3S. The summed E-state index contributed by atoms with van der Waals surface area (Å²) in [6.07, 6.45) is -0.153. The van der Waals surface area contributed by atoms with Crippen molar-refractivity contribution in [2.45, 2.75) is 42.9 Å². The van der Waals surface area contributed by atoms with Gasteiger partial charge in [-0.1, -0.05) is 0 Å². The lowest BCUT2D eigenvalue weighted by Crippen LogP contribution is -2.50. The first-order valence-corrected chi connectivity index (χ1v) is 9.17. The molecule has 1 aromatic heterocycles. The highest BCUT2D eigenvalue weighted by Crippen LogP contribution is 2.50. The molecule has 0 unspecified atom stereocenters. The average Bonchev–Trinajstić information content (AvgIpc) is 2.52. The molecule has 2 heterocycles. The van der Waals surface area contributed by atoms with Crippen LogP contribution < -0.4 is 0 Å². The number of alkyl halides is 3. The molecule has 0 radical (unpaired) electrons. The van der Waals surface area contributed by atoms with Gasteiger partial charge in [-0.2, -0.15) is 17.5 Å². The lowest BCUT2D eigenvalue weighted by molar-refractivity contribution is -0.141. The lowest BCUT2D eigenvalue weighted by atomic mass is 9.62. The minimum absolute atomic E-state index is 0.158. The second-order valence-electron chi connectivity index (χ2n) is 6.55. The van der Waals surface area contributed by atoms with Crippen LogP contribution in [0.1, 0.15) is 31.4 Å². The van der Waals surface area contributed by atoms with Crippen LogP contribution in [-0.2, 0) is 20.9 Å². The topological polar surface area (TPSA) is 59.5 Å². The SMILES string of the molecule is COC1CC2(CCN(S(=O)(=O)c3ccc(C(F)(F)F)nc3)CC2)C1. The molecule has 1 aromatic rings. The monoisotopic (exact) mass is 364 g/mol. The first-order valence-electron chi connectivity index (χ1n) is 7.73. The number of methoxy groups -OCH3 is 1. The van der Waals surface area contributed by atoms with Crippen LogP contribution >= 0.6 is 0 Å². The summed E-state index contributed by atoms with van der Waals surface area (Å²) in [6.45, 7) is 0.750. The number of hydrogen-bond donors (Lipinski definition) is 0. The number of ether oxygens (including phenoxy) is 1. The van der Waals surface area contributed by atoms with Crippen LogP contribution in [0, 0.1) is 5.41 Å². The van der Waals surface area contributed by atoms with Crippen molar-refractivity contribution < 1.29 is 26.3 Å². The van der Waals surface area contributed by atoms with Gasteiger partial charge in [-0.25, -0.2) is 8.42 Å². The average molecular weight is 364 g/mol. The van der Waals surface area contributed by atoms with Crippen LogP contribution in [0.25, 0.3) is 0 Å². The van der Waals surface area contributed by atoms with E-state index < -0.39 is 21.9 Å². The largest absolute Gasteiger partial charge is 0.433 e. The molecule has 3 rings (SSSR count). The van der Waals surface area contributed by atoms with Crippen molar-refractivity contribution in [1.29, 1.82) is 0 Å². The van der Waals surface area contributed by atoms with Gasteiger partial charge in [0.15, 0.2) is 0 Å². The predicted molar refractivity (Wildman–Crippen MR) is 79.7 cm³/mol. The van der Waals surface area contributed by atoms with Crippen molar-refractivity contribution in [3.8, 4) is 0 Å². The maximum absolute atomic E-state index is 12.6. The van der Waals surface area contributed by atoms with Crippen molar-refractivity contribution in [2.75, 3.05) is 20.2 Å². The van der Waals surface area contributed by atoms with Gasteiger partial charge in [0, 0.05) is 26.4 Å². The van der Waals surface area contributed by atoms with E-state index in [1.165, 1.54) is 4.31 Å². The molecule has 0 aromatic carbocycles. The first kappa shape index (κ1) is 17.6. The first-order chi connectivity index (χ1) is 11.2. The molecule has 1 spiro atoms. The van der Waals surface area contributed by atoms with Crippen LogP contribution in [0.2, 0.25) is 0 Å². The number of hydrogen-bond acceptors (Lipinski definition) is 4. The van der Waals surface area contributed by atoms with Gasteiger partial charge in [-0.15, -0.1) is 0 Å². The minimum atomic E-state index is -4.58. The molecule has 0 amide bonds. The summed E-state index contributed by atoms with van der Waals surface area (Å²) in [7, 11) is -2.13. The lowest BCUT2D eigenvalue weighted by Gasteiger charge is -2.51. The number of aromatic nitrogens is 1. The van der Waals surface area contributed by atoms with E-state index in [1.807, 2.05) is 0 Å². The Hall–Kier alpha value is -1.19. The maximum Gasteiger partial charge on any atom is 0.433 e. The highest BCUT2D eigenvalue weighted by atomic mass is 32.2. The molecule has 0 N–H and O–H groups in total. The Bertz CT molecular complexity index is 688. The van der Waals surface area contributed by atoms with Crippen molar-refractivity contribution >= 4 is 10.0 Å². The van der Waals surface area contributed by atoms with E-state index >= 15 is 0 Å². The van der Waals surface area contributed by atoms with Gasteiger partial charge in [0.1, 0.15) is 10.6 Å². The predicted octanol–water partition coefficient (Wildman–Crippen LogP) is 2.68. The molecule has 2 aliphatic rings. The summed E-state index contributed by atoms with van der Waals surface area (Å²) in [5, 5.41) is 0. The molecule has 24 heavy (non-hydrogen) atoms.